The van der Waals surface area contributed by atoms with E-state index >= 15 is 0 Å². The number of aromatic amines is 1. The van der Waals surface area contributed by atoms with Gasteiger partial charge in [-0.05, 0) is 39.0 Å². The second-order valence-corrected chi connectivity index (χ2v) is 6.22. The largest absolute Gasteiger partial charge is 0.333 e. The normalized spacial score (nSPS) is 21.2. The van der Waals surface area contributed by atoms with Gasteiger partial charge in [0.15, 0.2) is 0 Å². The Morgan fingerprint density at radius 3 is 2.75 bits per heavy atom. The zero-order chi connectivity index (χ0) is 17.4. The molecule has 0 aliphatic carbocycles. The third-order valence-corrected chi connectivity index (χ3v) is 4.84. The van der Waals surface area contributed by atoms with Gasteiger partial charge in [0.2, 0.25) is 0 Å². The van der Waals surface area contributed by atoms with Crippen LogP contribution in [0.3, 0.4) is 0 Å². The Hall–Kier alpha value is -2.41. The van der Waals surface area contributed by atoms with Gasteiger partial charge in [-0.3, -0.25) is 14.2 Å². The van der Waals surface area contributed by atoms with Crippen LogP contribution in [0.5, 0.6) is 0 Å². The van der Waals surface area contributed by atoms with Gasteiger partial charge in [-0.2, -0.15) is 0 Å². The molecule has 0 radical (unpaired) electrons. The van der Waals surface area contributed by atoms with Crippen molar-refractivity contribution >= 4 is 16.8 Å². The van der Waals surface area contributed by atoms with E-state index in [1.807, 2.05) is 11.8 Å². The molecule has 2 atom stereocenters. The zero-order valence-corrected chi connectivity index (χ0v) is 14.1. The average Bonchev–Trinajstić information content (AvgIpc) is 2.56. The number of nitrogens with zero attached hydrogens (tertiary/aromatic N) is 2. The topological polar surface area (TPSA) is 87.2 Å². The lowest BCUT2D eigenvalue weighted by Gasteiger charge is -2.38. The molecule has 1 amide bonds. The molecule has 1 aliphatic rings. The maximum atomic E-state index is 12.8. The van der Waals surface area contributed by atoms with Crippen molar-refractivity contribution in [2.24, 2.45) is 0 Å². The summed E-state index contributed by atoms with van der Waals surface area (Å²) in [6.07, 6.45) is 0. The van der Waals surface area contributed by atoms with Crippen LogP contribution in [-0.2, 0) is 6.54 Å². The van der Waals surface area contributed by atoms with Crippen LogP contribution < -0.4 is 16.6 Å². The number of H-pyrrole nitrogens is 1. The summed E-state index contributed by atoms with van der Waals surface area (Å²) < 4.78 is 1.14. The number of benzene rings is 1. The first-order valence-electron chi connectivity index (χ1n) is 8.25. The van der Waals surface area contributed by atoms with Gasteiger partial charge >= 0.3 is 5.69 Å². The van der Waals surface area contributed by atoms with E-state index in [0.717, 1.165) is 11.1 Å². The first-order valence-corrected chi connectivity index (χ1v) is 8.25. The minimum atomic E-state index is -0.455. The second kappa shape index (κ2) is 6.24. The Morgan fingerprint density at radius 2 is 2.04 bits per heavy atom. The molecule has 128 valence electrons. The van der Waals surface area contributed by atoms with Crippen molar-refractivity contribution in [2.75, 3.05) is 13.1 Å². The summed E-state index contributed by atoms with van der Waals surface area (Å²) in [7, 11) is 0. The maximum absolute atomic E-state index is 12.8. The number of fused-ring (bicyclic) bond motifs is 1. The molecule has 1 aromatic heterocycles. The summed E-state index contributed by atoms with van der Waals surface area (Å²) >= 11 is 0. The van der Waals surface area contributed by atoms with Crippen molar-refractivity contribution in [3.05, 3.63) is 44.6 Å². The van der Waals surface area contributed by atoms with Gasteiger partial charge in [0.05, 0.1) is 10.9 Å². The molecule has 24 heavy (non-hydrogen) atoms. The van der Waals surface area contributed by atoms with Crippen molar-refractivity contribution in [3.63, 3.8) is 0 Å². The molecule has 1 aliphatic heterocycles. The molecule has 1 saturated heterocycles. The molecule has 2 unspecified atom stereocenters. The summed E-state index contributed by atoms with van der Waals surface area (Å²) in [5.41, 5.74) is 0.0901. The van der Waals surface area contributed by atoms with E-state index in [9.17, 15) is 14.4 Å². The number of hydrogen-bond donors (Lipinski definition) is 2. The molecule has 7 heteroatoms. The molecular weight excluding hydrogens is 308 g/mol. The van der Waals surface area contributed by atoms with Crippen LogP contribution in [0.2, 0.25) is 0 Å². The van der Waals surface area contributed by atoms with Crippen LogP contribution in [0.4, 0.5) is 0 Å². The highest BCUT2D eigenvalue weighted by atomic mass is 16.2. The number of carbonyl (C=O) groups excluding carboxylic acids is 1. The molecule has 7 nitrogen and oxygen atoms in total. The zero-order valence-electron chi connectivity index (χ0n) is 14.1. The first kappa shape index (κ1) is 16.4. The van der Waals surface area contributed by atoms with Crippen molar-refractivity contribution in [1.82, 2.24) is 19.8 Å². The van der Waals surface area contributed by atoms with Gasteiger partial charge in [-0.15, -0.1) is 0 Å². The van der Waals surface area contributed by atoms with Crippen molar-refractivity contribution < 1.29 is 4.79 Å². The number of amides is 1. The lowest BCUT2D eigenvalue weighted by atomic mass is 10.0. The summed E-state index contributed by atoms with van der Waals surface area (Å²) in [4.78, 5) is 41.6. The number of carbonyl (C=O) groups is 1. The van der Waals surface area contributed by atoms with Gasteiger partial charge in [0.25, 0.3) is 11.5 Å². The van der Waals surface area contributed by atoms with Crippen LogP contribution in [0.1, 0.15) is 31.1 Å². The molecule has 0 bridgehead atoms. The van der Waals surface area contributed by atoms with Gasteiger partial charge in [-0.25, -0.2) is 4.79 Å². The molecule has 3 rings (SSSR count). The van der Waals surface area contributed by atoms with Crippen molar-refractivity contribution in [3.8, 4) is 0 Å². The fourth-order valence-electron chi connectivity index (χ4n) is 3.18. The SMILES string of the molecule is CCn1c(=O)[nH]c2cc(C(=O)N3CCNC(C)C3C)ccc2c1=O. The van der Waals surface area contributed by atoms with Crippen LogP contribution in [0, 0.1) is 0 Å². The van der Waals surface area contributed by atoms with E-state index in [-0.39, 0.29) is 23.6 Å². The Kier molecular flexibility index (Phi) is 4.28. The molecular formula is C17H22N4O3. The monoisotopic (exact) mass is 330 g/mol. The van der Waals surface area contributed by atoms with Gasteiger partial charge in [-0.1, -0.05) is 0 Å². The summed E-state index contributed by atoms with van der Waals surface area (Å²) in [6.45, 7) is 7.50. The van der Waals surface area contributed by atoms with Crippen molar-refractivity contribution in [2.45, 2.75) is 39.4 Å². The highest BCUT2D eigenvalue weighted by Crippen LogP contribution is 2.16. The Labute approximate surface area is 139 Å². The maximum Gasteiger partial charge on any atom is 0.328 e. The van der Waals surface area contributed by atoms with E-state index in [0.29, 0.717) is 29.6 Å². The highest BCUT2D eigenvalue weighted by Gasteiger charge is 2.28. The Balaban J connectivity index is 2.03. The van der Waals surface area contributed by atoms with Crippen LogP contribution >= 0.6 is 0 Å². The first-order chi connectivity index (χ1) is 11.4. The summed E-state index contributed by atoms with van der Waals surface area (Å²) in [5, 5.41) is 3.75. The molecule has 1 aromatic carbocycles. The molecule has 2 heterocycles. The van der Waals surface area contributed by atoms with E-state index < -0.39 is 5.69 Å². The number of nitrogens with one attached hydrogen (secondary N) is 2. The van der Waals surface area contributed by atoms with E-state index in [4.69, 9.17) is 0 Å². The van der Waals surface area contributed by atoms with Crippen LogP contribution in [0.25, 0.3) is 10.9 Å². The predicted molar refractivity (Wildman–Crippen MR) is 92.5 cm³/mol. The van der Waals surface area contributed by atoms with Gasteiger partial charge in [0.1, 0.15) is 0 Å². The predicted octanol–water partition coefficient (Wildman–Crippen LogP) is 0.532. The third-order valence-electron chi connectivity index (χ3n) is 4.84. The fourth-order valence-corrected chi connectivity index (χ4v) is 3.18. The van der Waals surface area contributed by atoms with Crippen LogP contribution in [0.15, 0.2) is 27.8 Å². The minimum absolute atomic E-state index is 0.0779. The average molecular weight is 330 g/mol. The van der Waals surface area contributed by atoms with E-state index in [1.54, 1.807) is 25.1 Å². The Morgan fingerprint density at radius 1 is 1.29 bits per heavy atom. The second-order valence-electron chi connectivity index (χ2n) is 6.22. The number of aromatic nitrogens is 2. The lowest BCUT2D eigenvalue weighted by Crippen LogP contribution is -2.57. The van der Waals surface area contributed by atoms with E-state index in [1.165, 1.54) is 0 Å². The third kappa shape index (κ3) is 2.65. The Bertz CT molecular complexity index is 899. The highest BCUT2D eigenvalue weighted by molar-refractivity contribution is 5.97. The number of rotatable bonds is 2. The smallest absolute Gasteiger partial charge is 0.328 e. The minimum Gasteiger partial charge on any atom is -0.333 e. The summed E-state index contributed by atoms with van der Waals surface area (Å²) in [6, 6.07) is 5.17. The molecule has 0 saturated carbocycles. The van der Waals surface area contributed by atoms with Gasteiger partial charge < -0.3 is 15.2 Å². The standard InChI is InChI=1S/C17H22N4O3/c1-4-20-16(23)13-6-5-12(9-14(13)19-17(20)24)15(22)21-8-7-18-10(2)11(21)3/h5-6,9-11,18H,4,7-8H2,1-3H3,(H,19,24). The fraction of sp³-hybridized carbons (Fsp3) is 0.471. The van der Waals surface area contributed by atoms with Crippen LogP contribution in [-0.4, -0.2) is 45.5 Å². The molecule has 2 aromatic rings. The quantitative estimate of drug-likeness (QED) is 0.841. The molecule has 0 spiro atoms. The number of hydrogen-bond acceptors (Lipinski definition) is 4. The molecule has 1 fully saturated rings. The summed E-state index contributed by atoms with van der Waals surface area (Å²) in [5.74, 6) is -0.0849. The molecule has 2 N–H and O–H groups in total. The van der Waals surface area contributed by atoms with Crippen molar-refractivity contribution in [1.29, 1.82) is 0 Å². The van der Waals surface area contributed by atoms with E-state index in [2.05, 4.69) is 17.2 Å². The van der Waals surface area contributed by atoms with Gasteiger partial charge in [0, 0.05) is 37.3 Å². The number of piperazine rings is 1. The lowest BCUT2D eigenvalue weighted by molar-refractivity contribution is 0.0603.